The van der Waals surface area contributed by atoms with Crippen molar-refractivity contribution in [2.45, 2.75) is 25.3 Å². The number of fused-ring (bicyclic) bond motifs is 1. The molecule has 0 atom stereocenters. The third-order valence-corrected chi connectivity index (χ3v) is 4.21. The van der Waals surface area contributed by atoms with Crippen molar-refractivity contribution in [3.8, 4) is 0 Å². The van der Waals surface area contributed by atoms with Crippen molar-refractivity contribution < 1.29 is 4.42 Å². The van der Waals surface area contributed by atoms with Crippen molar-refractivity contribution in [2.75, 3.05) is 13.1 Å². The van der Waals surface area contributed by atoms with E-state index in [9.17, 15) is 9.59 Å². The monoisotopic (exact) mass is 316 g/mol. The molecule has 2 N–H and O–H groups in total. The van der Waals surface area contributed by atoms with Crippen LogP contribution in [0.15, 0.2) is 32.3 Å². The number of nitrogens with zero attached hydrogens (tertiary/aromatic N) is 4. The molecule has 9 nitrogen and oxygen atoms in total. The van der Waals surface area contributed by atoms with Gasteiger partial charge in [0.25, 0.3) is 5.56 Å². The van der Waals surface area contributed by atoms with Crippen LogP contribution in [0.25, 0.3) is 5.65 Å². The van der Waals surface area contributed by atoms with E-state index in [0.717, 1.165) is 31.6 Å². The Morgan fingerprint density at radius 1 is 1.30 bits per heavy atom. The zero-order valence-corrected chi connectivity index (χ0v) is 12.4. The summed E-state index contributed by atoms with van der Waals surface area (Å²) in [7, 11) is 0. The van der Waals surface area contributed by atoms with Crippen LogP contribution in [0.4, 0.5) is 0 Å². The Morgan fingerprint density at radius 3 is 2.87 bits per heavy atom. The quantitative estimate of drug-likeness (QED) is 0.707. The molecule has 4 heterocycles. The number of hydrogen-bond acceptors (Lipinski definition) is 6. The Kier molecular flexibility index (Phi) is 3.34. The highest BCUT2D eigenvalue weighted by molar-refractivity contribution is 5.36. The largest absolute Gasteiger partial charge is 0.434 e. The van der Waals surface area contributed by atoms with E-state index in [-0.39, 0.29) is 11.5 Å². The van der Waals surface area contributed by atoms with Crippen molar-refractivity contribution in [1.82, 2.24) is 29.7 Å². The lowest BCUT2D eigenvalue weighted by Gasteiger charge is -2.29. The molecule has 0 aliphatic carbocycles. The summed E-state index contributed by atoms with van der Waals surface area (Å²) in [4.78, 5) is 29.7. The molecule has 3 aromatic rings. The molecule has 9 heteroatoms. The van der Waals surface area contributed by atoms with E-state index >= 15 is 0 Å². The molecular weight excluding hydrogens is 300 g/mol. The van der Waals surface area contributed by atoms with Gasteiger partial charge in [0.15, 0.2) is 5.65 Å². The first-order valence-electron chi connectivity index (χ1n) is 7.53. The van der Waals surface area contributed by atoms with Crippen LogP contribution in [-0.2, 0) is 6.54 Å². The van der Waals surface area contributed by atoms with Gasteiger partial charge in [-0.15, -0.1) is 5.10 Å². The summed E-state index contributed by atoms with van der Waals surface area (Å²) in [6.45, 7) is 2.32. The van der Waals surface area contributed by atoms with E-state index in [4.69, 9.17) is 4.42 Å². The van der Waals surface area contributed by atoms with Crippen LogP contribution in [-0.4, -0.2) is 42.8 Å². The van der Waals surface area contributed by atoms with Gasteiger partial charge < -0.3 is 4.42 Å². The molecule has 23 heavy (non-hydrogen) atoms. The highest BCUT2D eigenvalue weighted by Crippen LogP contribution is 2.26. The summed E-state index contributed by atoms with van der Waals surface area (Å²) in [5, 5.41) is 9.03. The Labute approximate surface area is 129 Å². The number of aromatic nitrogens is 5. The van der Waals surface area contributed by atoms with Gasteiger partial charge in [0.05, 0.1) is 5.69 Å². The second-order valence-corrected chi connectivity index (χ2v) is 5.74. The van der Waals surface area contributed by atoms with E-state index < -0.39 is 5.76 Å². The van der Waals surface area contributed by atoms with Gasteiger partial charge in [-0.05, 0) is 25.9 Å². The van der Waals surface area contributed by atoms with Crippen LogP contribution < -0.4 is 11.3 Å². The molecule has 0 unspecified atom stereocenters. The molecule has 0 saturated carbocycles. The van der Waals surface area contributed by atoms with Crippen molar-refractivity contribution in [2.24, 2.45) is 0 Å². The van der Waals surface area contributed by atoms with E-state index in [0.29, 0.717) is 18.1 Å². The topological polar surface area (TPSA) is 112 Å². The first-order chi connectivity index (χ1) is 11.2. The predicted octanol–water partition coefficient (Wildman–Crippen LogP) is 0.0785. The Balaban J connectivity index is 1.44. The van der Waals surface area contributed by atoms with Gasteiger partial charge in [-0.1, -0.05) is 0 Å². The van der Waals surface area contributed by atoms with E-state index in [1.807, 2.05) is 0 Å². The molecule has 0 radical (unpaired) electrons. The van der Waals surface area contributed by atoms with Gasteiger partial charge in [-0.3, -0.25) is 14.8 Å². The molecule has 1 fully saturated rings. The maximum Gasteiger partial charge on any atom is 0.434 e. The summed E-state index contributed by atoms with van der Waals surface area (Å²) >= 11 is 0. The number of nitrogens with one attached hydrogen (secondary N) is 2. The fourth-order valence-electron chi connectivity index (χ4n) is 3.04. The molecule has 1 aliphatic rings. The number of hydrogen-bond donors (Lipinski definition) is 2. The average molecular weight is 316 g/mol. The van der Waals surface area contributed by atoms with Gasteiger partial charge in [0.1, 0.15) is 0 Å². The van der Waals surface area contributed by atoms with Gasteiger partial charge in [0.2, 0.25) is 5.89 Å². The number of likely N-dealkylation sites (tertiary alicyclic amines) is 1. The summed E-state index contributed by atoms with van der Waals surface area (Å²) in [6, 6.07) is 3.33. The second kappa shape index (κ2) is 5.51. The summed E-state index contributed by atoms with van der Waals surface area (Å²) in [6.07, 6.45) is 3.41. The van der Waals surface area contributed by atoms with Crippen LogP contribution in [0.3, 0.4) is 0 Å². The van der Waals surface area contributed by atoms with E-state index in [1.54, 1.807) is 18.3 Å². The molecule has 3 aromatic heterocycles. The van der Waals surface area contributed by atoms with Gasteiger partial charge in [-0.2, -0.15) is 0 Å². The third kappa shape index (κ3) is 2.70. The first-order valence-corrected chi connectivity index (χ1v) is 7.53. The Morgan fingerprint density at radius 2 is 2.13 bits per heavy atom. The fraction of sp³-hybridized carbons (Fsp3) is 0.429. The molecule has 0 aromatic carbocycles. The van der Waals surface area contributed by atoms with Crippen LogP contribution >= 0.6 is 0 Å². The minimum atomic E-state index is -0.507. The smallest absolute Gasteiger partial charge is 0.392 e. The summed E-state index contributed by atoms with van der Waals surface area (Å²) < 4.78 is 6.44. The van der Waals surface area contributed by atoms with Crippen LogP contribution in [0.2, 0.25) is 0 Å². The van der Waals surface area contributed by atoms with E-state index in [2.05, 4.69) is 25.2 Å². The summed E-state index contributed by atoms with van der Waals surface area (Å²) in [5.74, 6) is 0.141. The van der Waals surface area contributed by atoms with Crippen molar-refractivity contribution >= 4 is 5.65 Å². The molecule has 4 rings (SSSR count). The molecular formula is C14H16N6O3. The molecule has 1 aliphatic heterocycles. The highest BCUT2D eigenvalue weighted by Gasteiger charge is 2.24. The summed E-state index contributed by atoms with van der Waals surface area (Å²) in [5.41, 5.74) is 1.28. The van der Waals surface area contributed by atoms with Gasteiger partial charge in [-0.25, -0.2) is 19.4 Å². The maximum atomic E-state index is 12.0. The fourth-order valence-corrected chi connectivity index (χ4v) is 3.04. The van der Waals surface area contributed by atoms with Gasteiger partial charge in [0, 0.05) is 30.8 Å². The van der Waals surface area contributed by atoms with Crippen LogP contribution in [0.1, 0.15) is 30.3 Å². The van der Waals surface area contributed by atoms with Crippen LogP contribution in [0.5, 0.6) is 0 Å². The minimum absolute atomic E-state index is 0.108. The standard InChI is InChI=1S/C14H16N6O3/c21-12-7-10(16-11-1-4-15-20(11)12)8-19-5-2-9(3-6-19)13-17-18-14(22)23-13/h1,4,7,9,15H,2-3,5-6,8H2,(H,18,22). The lowest BCUT2D eigenvalue weighted by atomic mass is 9.97. The van der Waals surface area contributed by atoms with Gasteiger partial charge >= 0.3 is 5.76 Å². The highest BCUT2D eigenvalue weighted by atomic mass is 16.4. The van der Waals surface area contributed by atoms with Crippen molar-refractivity contribution in [3.63, 3.8) is 0 Å². The molecule has 0 bridgehead atoms. The molecule has 0 spiro atoms. The number of aromatic amines is 2. The van der Waals surface area contributed by atoms with Crippen molar-refractivity contribution in [1.29, 1.82) is 0 Å². The normalized spacial score (nSPS) is 17.0. The Bertz CT molecular complexity index is 928. The lowest BCUT2D eigenvalue weighted by molar-refractivity contribution is 0.190. The number of H-pyrrole nitrogens is 2. The lowest BCUT2D eigenvalue weighted by Crippen LogP contribution is -2.33. The first kappa shape index (κ1) is 13.9. The SMILES string of the molecule is O=c1[nH]nc(C2CCN(Cc3cc(=O)n4[nH]ccc4n3)CC2)o1. The predicted molar refractivity (Wildman–Crippen MR) is 80.2 cm³/mol. The zero-order valence-electron chi connectivity index (χ0n) is 12.4. The molecule has 0 amide bonds. The minimum Gasteiger partial charge on any atom is -0.392 e. The average Bonchev–Trinajstić information content (AvgIpc) is 3.17. The Hall–Kier alpha value is -2.68. The molecule has 1 saturated heterocycles. The number of rotatable bonds is 3. The zero-order chi connectivity index (χ0) is 15.8. The molecule has 120 valence electrons. The van der Waals surface area contributed by atoms with Crippen molar-refractivity contribution in [3.05, 3.63) is 50.8 Å². The maximum absolute atomic E-state index is 12.0. The second-order valence-electron chi connectivity index (χ2n) is 5.74. The third-order valence-electron chi connectivity index (χ3n) is 4.21. The van der Waals surface area contributed by atoms with Crippen LogP contribution in [0, 0.1) is 0 Å². The number of piperidine rings is 1. The van der Waals surface area contributed by atoms with E-state index in [1.165, 1.54) is 4.52 Å².